The van der Waals surface area contributed by atoms with Crippen LogP contribution in [0.15, 0.2) is 16.6 Å². The van der Waals surface area contributed by atoms with Crippen LogP contribution in [0.4, 0.5) is 10.1 Å². The van der Waals surface area contributed by atoms with E-state index in [9.17, 15) is 9.18 Å². The predicted molar refractivity (Wildman–Crippen MR) is 66.0 cm³/mol. The molecule has 0 aliphatic rings. The third-order valence-corrected chi connectivity index (χ3v) is 3.00. The Morgan fingerprint density at radius 3 is 2.75 bits per heavy atom. The minimum atomic E-state index is -0.528. The number of carbonyl (C=O) groups is 1. The van der Waals surface area contributed by atoms with E-state index in [0.29, 0.717) is 16.6 Å². The molecule has 6 heteroatoms. The third kappa shape index (κ3) is 3.09. The number of anilines is 1. The Kier molecular flexibility index (Phi) is 4.56. The van der Waals surface area contributed by atoms with Crippen LogP contribution < -0.4 is 11.1 Å². The van der Waals surface area contributed by atoms with Gasteiger partial charge in [-0.3, -0.25) is 4.79 Å². The first-order valence-electron chi connectivity index (χ1n) is 4.66. The van der Waals surface area contributed by atoms with Crippen LogP contribution in [0.3, 0.4) is 0 Å². The van der Waals surface area contributed by atoms with Gasteiger partial charge in [0.15, 0.2) is 0 Å². The molecule has 1 aromatic rings. The van der Waals surface area contributed by atoms with E-state index in [1.54, 1.807) is 0 Å². The number of primary amides is 1. The zero-order valence-corrected chi connectivity index (χ0v) is 10.9. The lowest BCUT2D eigenvalue weighted by molar-refractivity contribution is -0.118. The van der Waals surface area contributed by atoms with Crippen molar-refractivity contribution < 1.29 is 9.18 Å². The van der Waals surface area contributed by atoms with Gasteiger partial charge in [0.2, 0.25) is 5.91 Å². The molecule has 3 nitrogen and oxygen atoms in total. The van der Waals surface area contributed by atoms with Crippen molar-refractivity contribution in [3.8, 4) is 0 Å². The molecule has 0 bridgehead atoms. The molecule has 0 spiro atoms. The summed E-state index contributed by atoms with van der Waals surface area (Å²) in [6.45, 7) is 1.81. The van der Waals surface area contributed by atoms with Crippen LogP contribution in [0, 0.1) is 5.82 Å². The van der Waals surface area contributed by atoms with E-state index < -0.39 is 17.8 Å². The van der Waals surface area contributed by atoms with Crippen LogP contribution in [0.25, 0.3) is 0 Å². The molecule has 0 saturated carbocycles. The van der Waals surface area contributed by atoms with Crippen LogP contribution >= 0.6 is 27.5 Å². The third-order valence-electron chi connectivity index (χ3n) is 2.08. The number of benzene rings is 1. The Morgan fingerprint density at radius 2 is 2.31 bits per heavy atom. The summed E-state index contributed by atoms with van der Waals surface area (Å²) < 4.78 is 13.4. The minimum Gasteiger partial charge on any atom is -0.372 e. The van der Waals surface area contributed by atoms with E-state index in [2.05, 4.69) is 21.2 Å². The lowest BCUT2D eigenvalue weighted by Gasteiger charge is -2.17. The first-order valence-corrected chi connectivity index (χ1v) is 5.83. The number of carbonyl (C=O) groups excluding carboxylic acids is 1. The van der Waals surface area contributed by atoms with Gasteiger partial charge in [-0.2, -0.15) is 0 Å². The maximum atomic E-state index is 13.0. The highest BCUT2D eigenvalue weighted by Gasteiger charge is 2.16. The summed E-state index contributed by atoms with van der Waals surface area (Å²) in [7, 11) is 0. The van der Waals surface area contributed by atoms with Crippen LogP contribution in [0.2, 0.25) is 5.02 Å². The van der Waals surface area contributed by atoms with Gasteiger partial charge in [-0.05, 0) is 34.5 Å². The number of hydrogen-bond donors (Lipinski definition) is 2. The van der Waals surface area contributed by atoms with Gasteiger partial charge in [-0.25, -0.2) is 4.39 Å². The first kappa shape index (κ1) is 13.3. The van der Waals surface area contributed by atoms with Gasteiger partial charge < -0.3 is 11.1 Å². The smallest absolute Gasteiger partial charge is 0.239 e. The van der Waals surface area contributed by atoms with Gasteiger partial charge in [0.1, 0.15) is 11.9 Å². The molecule has 88 valence electrons. The van der Waals surface area contributed by atoms with E-state index in [1.165, 1.54) is 12.1 Å². The van der Waals surface area contributed by atoms with Crippen LogP contribution in [-0.4, -0.2) is 11.9 Å². The molecule has 16 heavy (non-hydrogen) atoms. The maximum absolute atomic E-state index is 13.0. The van der Waals surface area contributed by atoms with Crippen molar-refractivity contribution in [3.63, 3.8) is 0 Å². The zero-order chi connectivity index (χ0) is 12.3. The molecule has 0 fully saturated rings. The van der Waals surface area contributed by atoms with E-state index in [0.717, 1.165) is 0 Å². The fraction of sp³-hybridized carbons (Fsp3) is 0.300. The van der Waals surface area contributed by atoms with Gasteiger partial charge in [-0.15, -0.1) is 0 Å². The number of halogens is 3. The van der Waals surface area contributed by atoms with Crippen molar-refractivity contribution in [2.45, 2.75) is 19.4 Å². The summed E-state index contributed by atoms with van der Waals surface area (Å²) in [5.41, 5.74) is 5.66. The standard InChI is InChI=1S/C10H11BrClFN2O/c1-2-8(10(14)16)15-9-6(11)3-5(13)4-7(9)12/h3-4,8,15H,2H2,1H3,(H2,14,16). The first-order chi connectivity index (χ1) is 7.45. The lowest BCUT2D eigenvalue weighted by Crippen LogP contribution is -2.34. The largest absolute Gasteiger partial charge is 0.372 e. The zero-order valence-electron chi connectivity index (χ0n) is 8.56. The van der Waals surface area contributed by atoms with Gasteiger partial charge in [-0.1, -0.05) is 18.5 Å². The second kappa shape index (κ2) is 5.50. The quantitative estimate of drug-likeness (QED) is 0.898. The highest BCUT2D eigenvalue weighted by Crippen LogP contribution is 2.32. The molecule has 0 aromatic heterocycles. The average molecular weight is 310 g/mol. The van der Waals surface area contributed by atoms with Crippen molar-refractivity contribution in [1.29, 1.82) is 0 Å². The predicted octanol–water partition coefficient (Wildman–Crippen LogP) is 2.92. The topological polar surface area (TPSA) is 55.1 Å². The Morgan fingerprint density at radius 1 is 1.69 bits per heavy atom. The van der Waals surface area contributed by atoms with Crippen LogP contribution in [0.5, 0.6) is 0 Å². The molecular formula is C10H11BrClFN2O. The summed E-state index contributed by atoms with van der Waals surface area (Å²) in [5, 5.41) is 3.07. The van der Waals surface area contributed by atoms with Crippen LogP contribution in [-0.2, 0) is 4.79 Å². The van der Waals surface area contributed by atoms with E-state index in [1.807, 2.05) is 6.92 Å². The summed E-state index contributed by atoms with van der Waals surface area (Å²) in [6.07, 6.45) is 0.523. The number of amides is 1. The highest BCUT2D eigenvalue weighted by molar-refractivity contribution is 9.10. The van der Waals surface area contributed by atoms with Gasteiger partial charge >= 0.3 is 0 Å². The number of nitrogens with two attached hydrogens (primary N) is 1. The van der Waals surface area contributed by atoms with E-state index in [-0.39, 0.29) is 5.02 Å². The Hall–Kier alpha value is -0.810. The highest BCUT2D eigenvalue weighted by atomic mass is 79.9. The summed E-state index contributed by atoms with van der Waals surface area (Å²) in [6, 6.07) is 1.91. The second-order valence-electron chi connectivity index (χ2n) is 3.25. The fourth-order valence-corrected chi connectivity index (χ4v) is 2.15. The van der Waals surface area contributed by atoms with Gasteiger partial charge in [0.05, 0.1) is 10.7 Å². The summed E-state index contributed by atoms with van der Waals surface area (Å²) in [4.78, 5) is 11.1. The van der Waals surface area contributed by atoms with Gasteiger partial charge in [0.25, 0.3) is 0 Å². The molecule has 1 amide bonds. The van der Waals surface area contributed by atoms with Crippen molar-refractivity contribution in [1.82, 2.24) is 0 Å². The summed E-state index contributed by atoms with van der Waals surface area (Å²) >= 11 is 9.02. The lowest BCUT2D eigenvalue weighted by atomic mass is 10.2. The van der Waals surface area contributed by atoms with E-state index >= 15 is 0 Å². The van der Waals surface area contributed by atoms with E-state index in [4.69, 9.17) is 17.3 Å². The molecule has 1 rings (SSSR count). The molecule has 0 saturated heterocycles. The molecule has 1 atom stereocenters. The normalized spacial score (nSPS) is 12.2. The SMILES string of the molecule is CCC(Nc1c(Cl)cc(F)cc1Br)C(N)=O. The molecule has 0 aliphatic carbocycles. The summed E-state index contributed by atoms with van der Waals surface area (Å²) in [5.74, 6) is -0.927. The maximum Gasteiger partial charge on any atom is 0.239 e. The number of nitrogens with one attached hydrogen (secondary N) is 1. The molecular weight excluding hydrogens is 298 g/mol. The van der Waals surface area contributed by atoms with Crippen molar-refractivity contribution in [3.05, 3.63) is 27.4 Å². The molecule has 0 aliphatic heterocycles. The molecule has 1 unspecified atom stereocenters. The molecule has 1 aromatic carbocycles. The number of rotatable bonds is 4. The molecule has 3 N–H and O–H groups in total. The van der Waals surface area contributed by atoms with Crippen LogP contribution in [0.1, 0.15) is 13.3 Å². The minimum absolute atomic E-state index is 0.201. The Bertz CT molecular complexity index is 391. The van der Waals surface area contributed by atoms with Crippen molar-refractivity contribution in [2.75, 3.05) is 5.32 Å². The van der Waals surface area contributed by atoms with Crippen molar-refractivity contribution >= 4 is 39.1 Å². The monoisotopic (exact) mass is 308 g/mol. The number of hydrogen-bond acceptors (Lipinski definition) is 2. The Balaban J connectivity index is 3.01. The Labute approximate surface area is 106 Å². The van der Waals surface area contributed by atoms with Crippen molar-refractivity contribution in [2.24, 2.45) is 5.73 Å². The molecule has 0 radical (unpaired) electrons. The second-order valence-corrected chi connectivity index (χ2v) is 4.51. The average Bonchev–Trinajstić information content (AvgIpc) is 2.15. The molecule has 0 heterocycles. The van der Waals surface area contributed by atoms with Gasteiger partial charge in [0, 0.05) is 4.47 Å². The fourth-order valence-electron chi connectivity index (χ4n) is 1.23.